The van der Waals surface area contributed by atoms with Gasteiger partial charge in [-0.05, 0) is 36.6 Å². The standard InChI is InChI=1S/C19H16BrClN4O/c1-12-8-14(13-2-4-15(20)5-3-13)6-7-24(12)19(26)17-9-18-22-10-16(21)11-25(18)23-17/h2-6,9-12H,7-8H2,1H3. The van der Waals surface area contributed by atoms with E-state index in [2.05, 4.69) is 51.1 Å². The molecule has 3 heterocycles. The SMILES string of the molecule is CC1CC(c2ccc(Br)cc2)=CCN1C(=O)c1cc2ncc(Cl)cn2n1. The Morgan fingerprint density at radius 1 is 1.31 bits per heavy atom. The van der Waals surface area contributed by atoms with Gasteiger partial charge in [0, 0.05) is 29.3 Å². The summed E-state index contributed by atoms with van der Waals surface area (Å²) in [4.78, 5) is 18.9. The molecule has 0 bridgehead atoms. The van der Waals surface area contributed by atoms with Crippen molar-refractivity contribution in [2.75, 3.05) is 6.54 Å². The van der Waals surface area contributed by atoms with Crippen LogP contribution in [0.5, 0.6) is 0 Å². The summed E-state index contributed by atoms with van der Waals surface area (Å²) in [5, 5.41) is 4.80. The third kappa shape index (κ3) is 3.27. The highest BCUT2D eigenvalue weighted by molar-refractivity contribution is 9.10. The lowest BCUT2D eigenvalue weighted by atomic mass is 9.95. The first-order valence-electron chi connectivity index (χ1n) is 8.28. The Labute approximate surface area is 164 Å². The zero-order chi connectivity index (χ0) is 18.3. The molecule has 0 spiro atoms. The Morgan fingerprint density at radius 3 is 2.81 bits per heavy atom. The molecule has 1 atom stereocenters. The molecular formula is C19H16BrClN4O. The number of nitrogens with zero attached hydrogens (tertiary/aromatic N) is 4. The highest BCUT2D eigenvalue weighted by atomic mass is 79.9. The normalized spacial score (nSPS) is 17.4. The molecule has 0 radical (unpaired) electrons. The van der Waals surface area contributed by atoms with Crippen LogP contribution in [-0.4, -0.2) is 38.0 Å². The summed E-state index contributed by atoms with van der Waals surface area (Å²) in [6.45, 7) is 2.63. The number of carbonyl (C=O) groups excluding carboxylic acids is 1. The fraction of sp³-hybridized carbons (Fsp3) is 0.211. The third-order valence-corrected chi connectivity index (χ3v) is 5.28. The van der Waals surface area contributed by atoms with E-state index in [1.54, 1.807) is 18.5 Å². The minimum absolute atomic E-state index is 0.0903. The second-order valence-corrected chi connectivity index (χ2v) is 7.70. The molecule has 4 rings (SSSR count). The number of halogens is 2. The molecule has 1 aliphatic heterocycles. The Kier molecular flexibility index (Phi) is 4.54. The smallest absolute Gasteiger partial charge is 0.274 e. The van der Waals surface area contributed by atoms with E-state index in [0.717, 1.165) is 10.9 Å². The van der Waals surface area contributed by atoms with Crippen LogP contribution in [0.4, 0.5) is 0 Å². The van der Waals surface area contributed by atoms with Crippen LogP contribution in [0.15, 0.2) is 53.3 Å². The Balaban J connectivity index is 1.57. The molecule has 0 N–H and O–H groups in total. The van der Waals surface area contributed by atoms with Crippen LogP contribution >= 0.6 is 27.5 Å². The van der Waals surface area contributed by atoms with Crippen molar-refractivity contribution in [1.29, 1.82) is 0 Å². The molecule has 5 nitrogen and oxygen atoms in total. The number of benzene rings is 1. The van der Waals surface area contributed by atoms with Gasteiger partial charge in [-0.15, -0.1) is 0 Å². The van der Waals surface area contributed by atoms with Crippen LogP contribution in [0.1, 0.15) is 29.4 Å². The molecular weight excluding hydrogens is 416 g/mol. The molecule has 0 saturated carbocycles. The summed E-state index contributed by atoms with van der Waals surface area (Å²) in [5.74, 6) is -0.0924. The van der Waals surface area contributed by atoms with Crippen LogP contribution in [-0.2, 0) is 0 Å². The molecule has 1 aliphatic rings. The molecule has 3 aromatic rings. The van der Waals surface area contributed by atoms with Crippen LogP contribution in [0.3, 0.4) is 0 Å². The first kappa shape index (κ1) is 17.2. The summed E-state index contributed by atoms with van der Waals surface area (Å²) in [5.41, 5.74) is 3.44. The molecule has 1 amide bonds. The number of aromatic nitrogens is 3. The molecule has 132 valence electrons. The van der Waals surface area contributed by atoms with E-state index in [4.69, 9.17) is 11.6 Å². The summed E-state index contributed by atoms with van der Waals surface area (Å²) >= 11 is 9.39. The minimum Gasteiger partial charge on any atom is -0.330 e. The maximum Gasteiger partial charge on any atom is 0.274 e. The van der Waals surface area contributed by atoms with E-state index in [1.165, 1.54) is 15.7 Å². The van der Waals surface area contributed by atoms with Gasteiger partial charge in [0.1, 0.15) is 0 Å². The van der Waals surface area contributed by atoms with Gasteiger partial charge in [-0.1, -0.05) is 45.7 Å². The van der Waals surface area contributed by atoms with Gasteiger partial charge in [-0.2, -0.15) is 5.10 Å². The number of hydrogen-bond acceptors (Lipinski definition) is 3. The van der Waals surface area contributed by atoms with Gasteiger partial charge in [0.15, 0.2) is 11.3 Å². The number of hydrogen-bond donors (Lipinski definition) is 0. The first-order valence-corrected chi connectivity index (χ1v) is 9.45. The topological polar surface area (TPSA) is 50.5 Å². The van der Waals surface area contributed by atoms with Crippen LogP contribution in [0.25, 0.3) is 11.2 Å². The second-order valence-electron chi connectivity index (χ2n) is 6.35. The van der Waals surface area contributed by atoms with E-state index in [1.807, 2.05) is 17.0 Å². The average molecular weight is 432 g/mol. The summed E-state index contributed by atoms with van der Waals surface area (Å²) in [6, 6.07) is 10.0. The average Bonchev–Trinajstić information content (AvgIpc) is 3.05. The van der Waals surface area contributed by atoms with Gasteiger partial charge in [-0.3, -0.25) is 4.79 Å². The molecule has 1 aromatic carbocycles. The molecule has 0 fully saturated rings. The maximum absolute atomic E-state index is 12.9. The summed E-state index contributed by atoms with van der Waals surface area (Å²) < 4.78 is 2.59. The zero-order valence-electron chi connectivity index (χ0n) is 14.1. The van der Waals surface area contributed by atoms with Crippen molar-refractivity contribution in [1.82, 2.24) is 19.5 Å². The van der Waals surface area contributed by atoms with Crippen molar-refractivity contribution in [2.24, 2.45) is 0 Å². The van der Waals surface area contributed by atoms with E-state index in [9.17, 15) is 4.79 Å². The summed E-state index contributed by atoms with van der Waals surface area (Å²) in [7, 11) is 0. The Hall–Kier alpha value is -2.18. The van der Waals surface area contributed by atoms with E-state index >= 15 is 0 Å². The Bertz CT molecular complexity index is 1010. The predicted octanol–water partition coefficient (Wildman–Crippen LogP) is 4.46. The van der Waals surface area contributed by atoms with Crippen LogP contribution in [0, 0.1) is 0 Å². The predicted molar refractivity (Wildman–Crippen MR) is 105 cm³/mol. The number of amides is 1. The first-order chi connectivity index (χ1) is 12.5. The van der Waals surface area contributed by atoms with Gasteiger partial charge >= 0.3 is 0 Å². The van der Waals surface area contributed by atoms with Gasteiger partial charge < -0.3 is 4.90 Å². The van der Waals surface area contributed by atoms with E-state index < -0.39 is 0 Å². The van der Waals surface area contributed by atoms with Gasteiger partial charge in [0.2, 0.25) is 0 Å². The fourth-order valence-electron chi connectivity index (χ4n) is 3.19. The Morgan fingerprint density at radius 2 is 2.08 bits per heavy atom. The lowest BCUT2D eigenvalue weighted by Gasteiger charge is -2.32. The van der Waals surface area contributed by atoms with Gasteiger partial charge in [0.05, 0.1) is 11.2 Å². The molecule has 26 heavy (non-hydrogen) atoms. The number of rotatable bonds is 2. The van der Waals surface area contributed by atoms with Crippen molar-refractivity contribution < 1.29 is 4.79 Å². The molecule has 7 heteroatoms. The minimum atomic E-state index is -0.0924. The molecule has 0 aliphatic carbocycles. The highest BCUT2D eigenvalue weighted by Crippen LogP contribution is 2.28. The monoisotopic (exact) mass is 430 g/mol. The lowest BCUT2D eigenvalue weighted by molar-refractivity contribution is 0.0705. The van der Waals surface area contributed by atoms with Crippen molar-refractivity contribution in [2.45, 2.75) is 19.4 Å². The van der Waals surface area contributed by atoms with Crippen molar-refractivity contribution in [3.05, 3.63) is 69.6 Å². The van der Waals surface area contributed by atoms with E-state index in [0.29, 0.717) is 22.9 Å². The van der Waals surface area contributed by atoms with Crippen molar-refractivity contribution in [3.8, 4) is 0 Å². The zero-order valence-corrected chi connectivity index (χ0v) is 16.4. The highest BCUT2D eigenvalue weighted by Gasteiger charge is 2.27. The third-order valence-electron chi connectivity index (χ3n) is 4.56. The second kappa shape index (κ2) is 6.85. The quantitative estimate of drug-likeness (QED) is 0.602. The van der Waals surface area contributed by atoms with Gasteiger partial charge in [-0.25, -0.2) is 9.50 Å². The number of carbonyl (C=O) groups is 1. The summed E-state index contributed by atoms with van der Waals surface area (Å²) in [6.07, 6.45) is 6.12. The fourth-order valence-corrected chi connectivity index (χ4v) is 3.59. The van der Waals surface area contributed by atoms with E-state index in [-0.39, 0.29) is 11.9 Å². The van der Waals surface area contributed by atoms with Crippen LogP contribution < -0.4 is 0 Å². The molecule has 2 aromatic heterocycles. The molecule has 1 unspecified atom stereocenters. The lowest BCUT2D eigenvalue weighted by Crippen LogP contribution is -2.41. The van der Waals surface area contributed by atoms with Crippen LogP contribution in [0.2, 0.25) is 5.02 Å². The van der Waals surface area contributed by atoms with Gasteiger partial charge in [0.25, 0.3) is 5.91 Å². The number of fused-ring (bicyclic) bond motifs is 1. The van der Waals surface area contributed by atoms with Crippen molar-refractivity contribution >= 4 is 44.7 Å². The molecule has 0 saturated heterocycles. The largest absolute Gasteiger partial charge is 0.330 e. The maximum atomic E-state index is 12.9. The van der Waals surface area contributed by atoms with Crippen molar-refractivity contribution in [3.63, 3.8) is 0 Å².